The monoisotopic (exact) mass is 521 g/mol. The smallest absolute Gasteiger partial charge is 0.337 e. The third kappa shape index (κ3) is 6.53. The second-order valence-electron chi connectivity index (χ2n) is 8.07. The molecule has 0 spiro atoms. The number of aliphatic imine (C=N–C) groups is 1. The zero-order valence-electron chi connectivity index (χ0n) is 20.1. The summed E-state index contributed by atoms with van der Waals surface area (Å²) in [6.45, 7) is 0.249. The lowest BCUT2D eigenvalue weighted by Gasteiger charge is -2.32. The molecule has 10 heteroatoms. The Hall–Kier alpha value is -4.18. The maximum Gasteiger partial charge on any atom is 0.337 e. The predicted molar refractivity (Wildman–Crippen MR) is 139 cm³/mol. The summed E-state index contributed by atoms with van der Waals surface area (Å²) in [5, 5.41) is 2.38. The summed E-state index contributed by atoms with van der Waals surface area (Å²) >= 11 is 1.16. The van der Waals surface area contributed by atoms with E-state index in [2.05, 4.69) is 15.0 Å². The highest BCUT2D eigenvalue weighted by Crippen LogP contribution is 2.31. The number of hydrogen-bond donors (Lipinski definition) is 1. The van der Waals surface area contributed by atoms with Crippen molar-refractivity contribution in [1.82, 2.24) is 4.90 Å². The quantitative estimate of drug-likeness (QED) is 0.450. The highest BCUT2D eigenvalue weighted by atomic mass is 32.2. The lowest BCUT2D eigenvalue weighted by molar-refractivity contribution is -0.129. The number of esters is 1. The molecule has 1 saturated heterocycles. The molecule has 0 saturated carbocycles. The summed E-state index contributed by atoms with van der Waals surface area (Å²) in [6.07, 6.45) is -0.0324. The van der Waals surface area contributed by atoms with Gasteiger partial charge >= 0.3 is 5.97 Å². The molecule has 0 aromatic heterocycles. The third-order valence-corrected chi connectivity index (χ3v) is 6.74. The highest BCUT2D eigenvalue weighted by molar-refractivity contribution is 8.15. The van der Waals surface area contributed by atoms with E-state index >= 15 is 0 Å². The fourth-order valence-corrected chi connectivity index (χ4v) is 4.66. The zero-order chi connectivity index (χ0) is 26.4. The maximum atomic E-state index is 13.4. The van der Waals surface area contributed by atoms with Gasteiger partial charge in [0.25, 0.3) is 0 Å². The highest BCUT2D eigenvalue weighted by Gasteiger charge is 2.36. The minimum atomic E-state index is -0.737. The average molecular weight is 522 g/mol. The summed E-state index contributed by atoms with van der Waals surface area (Å²) < 4.78 is 23.3. The van der Waals surface area contributed by atoms with Crippen molar-refractivity contribution in [3.05, 3.63) is 89.7 Å². The van der Waals surface area contributed by atoms with Crippen LogP contribution in [0.2, 0.25) is 0 Å². The fraction of sp³-hybridized carbons (Fsp3) is 0.185. The molecule has 0 aliphatic carbocycles. The van der Waals surface area contributed by atoms with Crippen LogP contribution in [-0.4, -0.2) is 47.3 Å². The number of benzene rings is 3. The number of carbonyl (C=O) groups excluding carboxylic acids is 3. The Morgan fingerprint density at radius 3 is 2.32 bits per heavy atom. The van der Waals surface area contributed by atoms with Crippen LogP contribution in [0.5, 0.6) is 5.75 Å². The minimum Gasteiger partial charge on any atom is -0.497 e. The average Bonchev–Trinajstić information content (AvgIpc) is 2.92. The second-order valence-corrected chi connectivity index (χ2v) is 9.24. The summed E-state index contributed by atoms with van der Waals surface area (Å²) in [6, 6.07) is 19.1. The summed E-state index contributed by atoms with van der Waals surface area (Å²) in [5.74, 6) is -0.830. The van der Waals surface area contributed by atoms with Gasteiger partial charge in [0, 0.05) is 12.1 Å². The minimum absolute atomic E-state index is 0.0324. The molecule has 190 valence electrons. The van der Waals surface area contributed by atoms with Crippen LogP contribution >= 0.6 is 11.8 Å². The number of amides is 2. The summed E-state index contributed by atoms with van der Waals surface area (Å²) in [4.78, 5) is 44.0. The topological polar surface area (TPSA) is 97.3 Å². The molecular weight excluding hydrogens is 497 g/mol. The van der Waals surface area contributed by atoms with Gasteiger partial charge in [-0.2, -0.15) is 0 Å². The third-order valence-electron chi connectivity index (χ3n) is 5.56. The zero-order valence-corrected chi connectivity index (χ0v) is 21.0. The molecule has 1 aliphatic heterocycles. The molecule has 1 fully saturated rings. The number of thioether (sulfide) groups is 1. The number of amidine groups is 1. The number of carbonyl (C=O) groups is 3. The Labute approximate surface area is 217 Å². The van der Waals surface area contributed by atoms with Crippen molar-refractivity contribution in [2.75, 3.05) is 19.5 Å². The van der Waals surface area contributed by atoms with Gasteiger partial charge in [-0.05, 0) is 66.2 Å². The molecule has 1 heterocycles. The molecule has 0 radical (unpaired) electrons. The number of rotatable bonds is 7. The SMILES string of the molecule is COC(=O)c1ccc(NC(=O)C2CC(=O)N(Cc3ccc(OC)cc3)C(=Nc3ccc(F)cc3)S2)cc1. The first-order chi connectivity index (χ1) is 17.9. The second kappa shape index (κ2) is 11.7. The van der Waals surface area contributed by atoms with Gasteiger partial charge in [-0.3, -0.25) is 14.5 Å². The number of halogens is 1. The van der Waals surface area contributed by atoms with Gasteiger partial charge in [-0.15, -0.1) is 0 Å². The van der Waals surface area contributed by atoms with Crippen LogP contribution in [0.1, 0.15) is 22.3 Å². The van der Waals surface area contributed by atoms with E-state index in [1.54, 1.807) is 43.5 Å². The Morgan fingerprint density at radius 1 is 1.03 bits per heavy atom. The lowest BCUT2D eigenvalue weighted by atomic mass is 10.1. The van der Waals surface area contributed by atoms with E-state index < -0.39 is 17.0 Å². The predicted octanol–water partition coefficient (Wildman–Crippen LogP) is 4.78. The van der Waals surface area contributed by atoms with E-state index in [9.17, 15) is 18.8 Å². The fourth-order valence-electron chi connectivity index (χ4n) is 3.57. The van der Waals surface area contributed by atoms with Crippen molar-refractivity contribution in [2.45, 2.75) is 18.2 Å². The van der Waals surface area contributed by atoms with Crippen LogP contribution < -0.4 is 10.1 Å². The van der Waals surface area contributed by atoms with Crippen LogP contribution in [0.15, 0.2) is 77.8 Å². The Balaban J connectivity index is 1.55. The van der Waals surface area contributed by atoms with E-state index in [0.29, 0.717) is 27.9 Å². The Kier molecular flexibility index (Phi) is 8.19. The van der Waals surface area contributed by atoms with Crippen LogP contribution in [0, 0.1) is 5.82 Å². The van der Waals surface area contributed by atoms with Gasteiger partial charge in [0.1, 0.15) is 16.8 Å². The molecule has 37 heavy (non-hydrogen) atoms. The van der Waals surface area contributed by atoms with Crippen LogP contribution in [0.3, 0.4) is 0 Å². The number of hydrogen-bond acceptors (Lipinski definition) is 7. The van der Waals surface area contributed by atoms with E-state index in [0.717, 1.165) is 17.3 Å². The van der Waals surface area contributed by atoms with Crippen LogP contribution in [-0.2, 0) is 20.9 Å². The number of nitrogens with one attached hydrogen (secondary N) is 1. The molecule has 8 nitrogen and oxygen atoms in total. The van der Waals surface area contributed by atoms with Crippen molar-refractivity contribution in [3.8, 4) is 5.75 Å². The molecule has 2 amide bonds. The van der Waals surface area contributed by atoms with Crippen LogP contribution in [0.25, 0.3) is 0 Å². The molecule has 1 N–H and O–H groups in total. The van der Waals surface area contributed by atoms with Crippen molar-refractivity contribution in [1.29, 1.82) is 0 Å². The van der Waals surface area contributed by atoms with Crippen molar-refractivity contribution in [2.24, 2.45) is 4.99 Å². The van der Waals surface area contributed by atoms with Crippen LogP contribution in [0.4, 0.5) is 15.8 Å². The standard InChI is InChI=1S/C27H24FN3O5S/c1-35-22-13-3-17(4-14-22)16-31-24(32)15-23(37-27(31)30-21-11-7-19(28)8-12-21)25(33)29-20-9-5-18(6-10-20)26(34)36-2/h3-14,23H,15-16H2,1-2H3,(H,29,33). The first-order valence-electron chi connectivity index (χ1n) is 11.3. The Bertz CT molecular complexity index is 1310. The molecule has 1 atom stereocenters. The molecule has 3 aromatic rings. The molecule has 3 aromatic carbocycles. The van der Waals surface area contributed by atoms with E-state index in [-0.39, 0.29) is 24.8 Å². The van der Waals surface area contributed by atoms with E-state index in [4.69, 9.17) is 4.74 Å². The molecular formula is C27H24FN3O5S. The normalized spacial score (nSPS) is 16.4. The summed E-state index contributed by atoms with van der Waals surface area (Å²) in [7, 11) is 2.87. The van der Waals surface area contributed by atoms with Gasteiger partial charge in [-0.1, -0.05) is 23.9 Å². The van der Waals surface area contributed by atoms with E-state index in [1.165, 1.54) is 36.3 Å². The number of ether oxygens (including phenoxy) is 2. The molecule has 0 bridgehead atoms. The number of anilines is 1. The summed E-state index contributed by atoms with van der Waals surface area (Å²) in [5.41, 5.74) is 2.14. The lowest BCUT2D eigenvalue weighted by Crippen LogP contribution is -2.44. The largest absolute Gasteiger partial charge is 0.497 e. The van der Waals surface area contributed by atoms with Crippen molar-refractivity contribution >= 4 is 46.1 Å². The van der Waals surface area contributed by atoms with Gasteiger partial charge in [-0.25, -0.2) is 14.2 Å². The van der Waals surface area contributed by atoms with Crippen molar-refractivity contribution < 1.29 is 28.2 Å². The van der Waals surface area contributed by atoms with Crippen molar-refractivity contribution in [3.63, 3.8) is 0 Å². The molecule has 1 aliphatic rings. The Morgan fingerprint density at radius 2 is 1.70 bits per heavy atom. The van der Waals surface area contributed by atoms with E-state index in [1.807, 2.05) is 12.1 Å². The van der Waals surface area contributed by atoms with Gasteiger partial charge in [0.2, 0.25) is 11.8 Å². The maximum absolute atomic E-state index is 13.4. The van der Waals surface area contributed by atoms with Gasteiger partial charge in [0.05, 0.1) is 32.0 Å². The molecule has 4 rings (SSSR count). The number of methoxy groups -OCH3 is 2. The molecule has 1 unspecified atom stereocenters. The van der Waals surface area contributed by atoms with Gasteiger partial charge in [0.15, 0.2) is 5.17 Å². The number of nitrogens with zero attached hydrogens (tertiary/aromatic N) is 2. The first kappa shape index (κ1) is 25.9. The first-order valence-corrected chi connectivity index (χ1v) is 12.2. The van der Waals surface area contributed by atoms with Gasteiger partial charge < -0.3 is 14.8 Å².